The van der Waals surface area contributed by atoms with Crippen LogP contribution in [-0.2, 0) is 6.54 Å². The third-order valence-electron chi connectivity index (χ3n) is 4.52. The number of anilines is 1. The van der Waals surface area contributed by atoms with E-state index in [-0.39, 0.29) is 0 Å². The van der Waals surface area contributed by atoms with Crippen molar-refractivity contribution >= 4 is 5.69 Å². The van der Waals surface area contributed by atoms with E-state index in [4.69, 9.17) is 0 Å². The Balaban J connectivity index is 1.53. The van der Waals surface area contributed by atoms with E-state index in [1.807, 2.05) is 0 Å². The summed E-state index contributed by atoms with van der Waals surface area (Å²) in [6, 6.07) is 22.2. The summed E-state index contributed by atoms with van der Waals surface area (Å²) in [6.45, 7) is 3.47. The van der Waals surface area contributed by atoms with Crippen LogP contribution in [0.1, 0.15) is 18.4 Å². The molecule has 2 aromatic rings. The Morgan fingerprint density at radius 2 is 1.48 bits per heavy atom. The predicted octanol–water partition coefficient (Wildman–Crippen LogP) is 3.79. The molecule has 0 N–H and O–H groups in total. The highest BCUT2D eigenvalue weighted by atomic mass is 15.2. The lowest BCUT2D eigenvalue weighted by Crippen LogP contribution is -2.43. The molecule has 1 aliphatic rings. The Labute approximate surface area is 128 Å². The first-order chi connectivity index (χ1) is 10.3. The fourth-order valence-electron chi connectivity index (χ4n) is 3.18. The number of rotatable bonds is 4. The Morgan fingerprint density at radius 3 is 2.10 bits per heavy atom. The predicted molar refractivity (Wildman–Crippen MR) is 89.6 cm³/mol. The monoisotopic (exact) mass is 280 g/mol. The molecule has 1 fully saturated rings. The minimum absolute atomic E-state index is 0.666. The molecule has 0 spiro atoms. The van der Waals surface area contributed by atoms with E-state index in [2.05, 4.69) is 77.5 Å². The molecule has 0 bridgehead atoms. The summed E-state index contributed by atoms with van der Waals surface area (Å²) in [5.41, 5.74) is 2.76. The lowest BCUT2D eigenvalue weighted by Gasteiger charge is -2.37. The van der Waals surface area contributed by atoms with Crippen molar-refractivity contribution in [1.29, 1.82) is 0 Å². The topological polar surface area (TPSA) is 6.48 Å². The smallest absolute Gasteiger partial charge is 0.0366 e. The van der Waals surface area contributed by atoms with Gasteiger partial charge in [0, 0.05) is 38.4 Å². The average Bonchev–Trinajstić information content (AvgIpc) is 2.57. The fourth-order valence-corrected chi connectivity index (χ4v) is 3.18. The van der Waals surface area contributed by atoms with Crippen molar-refractivity contribution in [1.82, 2.24) is 4.90 Å². The van der Waals surface area contributed by atoms with Gasteiger partial charge >= 0.3 is 0 Å². The molecule has 0 saturated carbocycles. The Kier molecular flexibility index (Phi) is 4.56. The first kappa shape index (κ1) is 14.2. The van der Waals surface area contributed by atoms with E-state index in [9.17, 15) is 0 Å². The van der Waals surface area contributed by atoms with Gasteiger partial charge in [0.15, 0.2) is 0 Å². The van der Waals surface area contributed by atoms with Gasteiger partial charge in [0.2, 0.25) is 0 Å². The van der Waals surface area contributed by atoms with Crippen LogP contribution < -0.4 is 4.90 Å². The highest BCUT2D eigenvalue weighted by Gasteiger charge is 2.22. The van der Waals surface area contributed by atoms with Crippen LogP contribution in [0.25, 0.3) is 0 Å². The van der Waals surface area contributed by atoms with Gasteiger partial charge in [-0.3, -0.25) is 4.90 Å². The molecule has 110 valence electrons. The standard InChI is InChI=1S/C19H24N2/c1-20(18-10-6-3-7-11-18)19-12-14-21(15-13-19)16-17-8-4-2-5-9-17/h2-11,19H,12-16H2,1H3. The SMILES string of the molecule is CN(c1ccccc1)C1CCN(Cc2ccccc2)CC1. The molecular formula is C19H24N2. The van der Waals surface area contributed by atoms with Crippen LogP contribution in [0.3, 0.4) is 0 Å². The van der Waals surface area contributed by atoms with Crippen LogP contribution >= 0.6 is 0 Å². The maximum absolute atomic E-state index is 2.57. The largest absolute Gasteiger partial charge is 0.372 e. The van der Waals surface area contributed by atoms with Crippen LogP contribution in [0, 0.1) is 0 Å². The van der Waals surface area contributed by atoms with Crippen LogP contribution in [0.15, 0.2) is 60.7 Å². The number of hydrogen-bond acceptors (Lipinski definition) is 2. The lowest BCUT2D eigenvalue weighted by atomic mass is 10.0. The molecule has 1 saturated heterocycles. The second kappa shape index (κ2) is 6.77. The molecule has 0 aromatic heterocycles. The number of hydrogen-bond donors (Lipinski definition) is 0. The van der Waals surface area contributed by atoms with E-state index in [1.54, 1.807) is 0 Å². The minimum Gasteiger partial charge on any atom is -0.372 e. The Morgan fingerprint density at radius 1 is 0.905 bits per heavy atom. The molecule has 0 radical (unpaired) electrons. The molecule has 3 rings (SSSR count). The van der Waals surface area contributed by atoms with E-state index < -0.39 is 0 Å². The van der Waals surface area contributed by atoms with Crippen molar-refractivity contribution in [3.8, 4) is 0 Å². The van der Waals surface area contributed by atoms with Crippen molar-refractivity contribution in [2.45, 2.75) is 25.4 Å². The number of piperidine rings is 1. The normalized spacial score (nSPS) is 16.8. The zero-order chi connectivity index (χ0) is 14.5. The van der Waals surface area contributed by atoms with Gasteiger partial charge in [0.1, 0.15) is 0 Å². The van der Waals surface area contributed by atoms with Gasteiger partial charge < -0.3 is 4.90 Å². The summed E-state index contributed by atoms with van der Waals surface area (Å²) in [4.78, 5) is 5.02. The first-order valence-electron chi connectivity index (χ1n) is 7.87. The number of nitrogens with zero attached hydrogens (tertiary/aromatic N) is 2. The molecular weight excluding hydrogens is 256 g/mol. The third-order valence-corrected chi connectivity index (χ3v) is 4.52. The Hall–Kier alpha value is -1.80. The quantitative estimate of drug-likeness (QED) is 0.841. The molecule has 0 amide bonds. The second-order valence-electron chi connectivity index (χ2n) is 5.94. The van der Waals surface area contributed by atoms with Crippen molar-refractivity contribution < 1.29 is 0 Å². The zero-order valence-corrected chi connectivity index (χ0v) is 12.8. The summed E-state index contributed by atoms with van der Waals surface area (Å²) < 4.78 is 0. The van der Waals surface area contributed by atoms with Crippen LogP contribution in [0.4, 0.5) is 5.69 Å². The van der Waals surface area contributed by atoms with E-state index in [0.717, 1.165) is 6.54 Å². The first-order valence-corrected chi connectivity index (χ1v) is 7.87. The molecule has 21 heavy (non-hydrogen) atoms. The van der Waals surface area contributed by atoms with Crippen LogP contribution in [0.5, 0.6) is 0 Å². The summed E-state index contributed by atoms with van der Waals surface area (Å²) in [5, 5.41) is 0. The number of benzene rings is 2. The molecule has 0 unspecified atom stereocenters. The van der Waals surface area contributed by atoms with Gasteiger partial charge in [-0.15, -0.1) is 0 Å². The fraction of sp³-hybridized carbons (Fsp3) is 0.368. The molecule has 2 aromatic carbocycles. The van der Waals surface area contributed by atoms with Gasteiger partial charge in [0.25, 0.3) is 0 Å². The van der Waals surface area contributed by atoms with E-state index in [1.165, 1.54) is 37.2 Å². The molecule has 1 aliphatic heterocycles. The average molecular weight is 280 g/mol. The summed E-state index contributed by atoms with van der Waals surface area (Å²) in [7, 11) is 2.23. The molecule has 2 heteroatoms. The van der Waals surface area contributed by atoms with Crippen molar-refractivity contribution in [2.75, 3.05) is 25.0 Å². The van der Waals surface area contributed by atoms with Gasteiger partial charge in [-0.05, 0) is 30.5 Å². The third kappa shape index (κ3) is 3.64. The number of likely N-dealkylation sites (tertiary alicyclic amines) is 1. The maximum Gasteiger partial charge on any atom is 0.0366 e. The summed E-state index contributed by atoms with van der Waals surface area (Å²) >= 11 is 0. The zero-order valence-electron chi connectivity index (χ0n) is 12.8. The van der Waals surface area contributed by atoms with Crippen LogP contribution in [-0.4, -0.2) is 31.1 Å². The summed E-state index contributed by atoms with van der Waals surface area (Å²) in [5.74, 6) is 0. The second-order valence-corrected chi connectivity index (χ2v) is 5.94. The number of para-hydroxylation sites is 1. The minimum atomic E-state index is 0.666. The highest BCUT2D eigenvalue weighted by Crippen LogP contribution is 2.22. The Bertz CT molecular complexity index is 530. The lowest BCUT2D eigenvalue weighted by molar-refractivity contribution is 0.203. The van der Waals surface area contributed by atoms with E-state index >= 15 is 0 Å². The van der Waals surface area contributed by atoms with E-state index in [0.29, 0.717) is 6.04 Å². The van der Waals surface area contributed by atoms with Crippen molar-refractivity contribution in [3.63, 3.8) is 0 Å². The van der Waals surface area contributed by atoms with Gasteiger partial charge in [0.05, 0.1) is 0 Å². The highest BCUT2D eigenvalue weighted by molar-refractivity contribution is 5.46. The van der Waals surface area contributed by atoms with Crippen molar-refractivity contribution in [3.05, 3.63) is 66.2 Å². The molecule has 2 nitrogen and oxygen atoms in total. The molecule has 0 atom stereocenters. The molecule has 0 aliphatic carbocycles. The van der Waals surface area contributed by atoms with Gasteiger partial charge in [-0.25, -0.2) is 0 Å². The van der Waals surface area contributed by atoms with Crippen LogP contribution in [0.2, 0.25) is 0 Å². The van der Waals surface area contributed by atoms with Crippen molar-refractivity contribution in [2.24, 2.45) is 0 Å². The van der Waals surface area contributed by atoms with Gasteiger partial charge in [-0.2, -0.15) is 0 Å². The maximum atomic E-state index is 2.57. The summed E-state index contributed by atoms with van der Waals surface area (Å²) in [6.07, 6.45) is 2.50. The van der Waals surface area contributed by atoms with Gasteiger partial charge in [-0.1, -0.05) is 48.5 Å². The molecule has 1 heterocycles.